The molecule has 1 fully saturated rings. The SMILES string of the molecule is C[C@H](CCCCc1ccccc1)[C@H](O)CC[C@H]1CCC(=O)N1CCCCCCC(=O)O. The molecule has 5 heteroatoms. The van der Waals surface area contributed by atoms with Crippen LogP contribution in [0.2, 0.25) is 0 Å². The van der Waals surface area contributed by atoms with E-state index >= 15 is 0 Å². The average Bonchev–Trinajstić information content (AvgIpc) is 3.11. The molecule has 5 nitrogen and oxygen atoms in total. The molecule has 1 aliphatic heterocycles. The van der Waals surface area contributed by atoms with Crippen LogP contribution in [-0.2, 0) is 16.0 Å². The maximum atomic E-state index is 12.2. The van der Waals surface area contributed by atoms with Gasteiger partial charge in [0.05, 0.1) is 6.10 Å². The van der Waals surface area contributed by atoms with E-state index in [0.717, 1.165) is 70.8 Å². The Hall–Kier alpha value is -1.88. The van der Waals surface area contributed by atoms with Crippen LogP contribution >= 0.6 is 0 Å². The minimum absolute atomic E-state index is 0.230. The van der Waals surface area contributed by atoms with Gasteiger partial charge >= 0.3 is 5.97 Å². The normalized spacial score (nSPS) is 18.3. The number of aliphatic hydroxyl groups excluding tert-OH is 1. The van der Waals surface area contributed by atoms with Gasteiger partial charge in [0.2, 0.25) is 5.91 Å². The Labute approximate surface area is 187 Å². The summed E-state index contributed by atoms with van der Waals surface area (Å²) in [5.41, 5.74) is 1.38. The van der Waals surface area contributed by atoms with Crippen molar-refractivity contribution in [3.8, 4) is 0 Å². The molecule has 0 bridgehead atoms. The van der Waals surface area contributed by atoms with Gasteiger partial charge in [-0.1, -0.05) is 56.5 Å². The summed E-state index contributed by atoms with van der Waals surface area (Å²) < 4.78 is 0. The van der Waals surface area contributed by atoms with Gasteiger partial charge in [0.25, 0.3) is 0 Å². The molecule has 0 aliphatic carbocycles. The molecule has 0 aromatic heterocycles. The molecule has 1 aromatic rings. The summed E-state index contributed by atoms with van der Waals surface area (Å²) in [5, 5.41) is 19.3. The third-order valence-electron chi connectivity index (χ3n) is 6.66. The third kappa shape index (κ3) is 9.86. The minimum Gasteiger partial charge on any atom is -0.481 e. The first-order valence-corrected chi connectivity index (χ1v) is 12.2. The molecule has 2 N–H and O–H groups in total. The van der Waals surface area contributed by atoms with Gasteiger partial charge in [-0.2, -0.15) is 0 Å². The molecule has 0 unspecified atom stereocenters. The van der Waals surface area contributed by atoms with E-state index in [1.165, 1.54) is 5.56 Å². The first-order chi connectivity index (χ1) is 15.0. The van der Waals surface area contributed by atoms with Crippen LogP contribution in [0.15, 0.2) is 30.3 Å². The van der Waals surface area contributed by atoms with E-state index in [0.29, 0.717) is 12.8 Å². The van der Waals surface area contributed by atoms with Crippen LogP contribution in [-0.4, -0.2) is 45.7 Å². The molecule has 0 saturated carbocycles. The smallest absolute Gasteiger partial charge is 0.303 e. The largest absolute Gasteiger partial charge is 0.481 e. The van der Waals surface area contributed by atoms with Gasteiger partial charge in [0.15, 0.2) is 0 Å². The van der Waals surface area contributed by atoms with Gasteiger partial charge in [-0.25, -0.2) is 0 Å². The quantitative estimate of drug-likeness (QED) is 0.353. The van der Waals surface area contributed by atoms with Gasteiger partial charge < -0.3 is 15.1 Å². The molecule has 1 saturated heterocycles. The molecule has 2 rings (SSSR count). The summed E-state index contributed by atoms with van der Waals surface area (Å²) in [7, 11) is 0. The summed E-state index contributed by atoms with van der Waals surface area (Å²) in [6.07, 6.45) is 11.0. The first-order valence-electron chi connectivity index (χ1n) is 12.2. The lowest BCUT2D eigenvalue weighted by Crippen LogP contribution is -2.35. The van der Waals surface area contributed by atoms with Crippen LogP contribution in [0.5, 0.6) is 0 Å². The van der Waals surface area contributed by atoms with E-state index < -0.39 is 5.97 Å². The highest BCUT2D eigenvalue weighted by Gasteiger charge is 2.30. The van der Waals surface area contributed by atoms with Crippen molar-refractivity contribution in [2.24, 2.45) is 5.92 Å². The average molecular weight is 432 g/mol. The van der Waals surface area contributed by atoms with Crippen molar-refractivity contribution in [2.75, 3.05) is 6.54 Å². The van der Waals surface area contributed by atoms with Crippen molar-refractivity contribution in [3.05, 3.63) is 35.9 Å². The first kappa shape index (κ1) is 25.4. The zero-order valence-electron chi connectivity index (χ0n) is 19.2. The zero-order valence-corrected chi connectivity index (χ0v) is 19.2. The molecule has 3 atom stereocenters. The molecule has 0 spiro atoms. The molecular formula is C26H41NO4. The fourth-order valence-electron chi connectivity index (χ4n) is 4.59. The van der Waals surface area contributed by atoms with Crippen LogP contribution in [0.4, 0.5) is 0 Å². The van der Waals surface area contributed by atoms with Gasteiger partial charge in [0.1, 0.15) is 0 Å². The number of unbranched alkanes of at least 4 members (excludes halogenated alkanes) is 4. The minimum atomic E-state index is -0.737. The number of hydrogen-bond donors (Lipinski definition) is 2. The van der Waals surface area contributed by atoms with Crippen molar-refractivity contribution in [1.29, 1.82) is 0 Å². The molecule has 31 heavy (non-hydrogen) atoms. The van der Waals surface area contributed by atoms with Gasteiger partial charge in [0, 0.05) is 25.4 Å². The third-order valence-corrected chi connectivity index (χ3v) is 6.66. The number of benzene rings is 1. The van der Waals surface area contributed by atoms with Crippen LogP contribution < -0.4 is 0 Å². The Morgan fingerprint density at radius 1 is 1.06 bits per heavy atom. The number of carbonyl (C=O) groups excluding carboxylic acids is 1. The standard InChI is InChI=1S/C26H41NO4/c1-21(11-8-9-14-22-12-5-4-6-13-22)24(28)18-16-23-17-19-25(29)27(23)20-10-3-2-7-15-26(30)31/h4-6,12-13,21,23-24,28H,2-3,7-11,14-20H2,1H3,(H,30,31)/t21-,23+,24-/m1/s1. The molecule has 1 aromatic carbocycles. The number of carboxylic acids is 1. The van der Waals surface area contributed by atoms with Gasteiger partial charge in [-0.15, -0.1) is 0 Å². The van der Waals surface area contributed by atoms with E-state index in [1.807, 2.05) is 11.0 Å². The zero-order chi connectivity index (χ0) is 22.5. The van der Waals surface area contributed by atoms with Crippen molar-refractivity contribution in [3.63, 3.8) is 0 Å². The number of likely N-dealkylation sites (tertiary alicyclic amines) is 1. The number of aliphatic hydroxyl groups is 1. The Bertz CT molecular complexity index is 648. The number of rotatable bonds is 16. The second-order valence-electron chi connectivity index (χ2n) is 9.19. The highest BCUT2D eigenvalue weighted by molar-refractivity contribution is 5.78. The summed E-state index contributed by atoms with van der Waals surface area (Å²) in [6, 6.07) is 10.8. The van der Waals surface area contributed by atoms with Gasteiger partial charge in [-0.05, 0) is 62.8 Å². The van der Waals surface area contributed by atoms with Crippen LogP contribution in [0.25, 0.3) is 0 Å². The predicted molar refractivity (Wildman–Crippen MR) is 124 cm³/mol. The lowest BCUT2D eigenvalue weighted by Gasteiger charge is -2.27. The molecule has 1 heterocycles. The molecule has 174 valence electrons. The summed E-state index contributed by atoms with van der Waals surface area (Å²) in [5.74, 6) is -0.215. The highest BCUT2D eigenvalue weighted by Crippen LogP contribution is 2.26. The molecule has 1 aliphatic rings. The van der Waals surface area contributed by atoms with Crippen LogP contribution in [0.1, 0.15) is 89.5 Å². The maximum Gasteiger partial charge on any atom is 0.303 e. The Morgan fingerprint density at radius 3 is 2.55 bits per heavy atom. The lowest BCUT2D eigenvalue weighted by molar-refractivity contribution is -0.137. The van der Waals surface area contributed by atoms with Gasteiger partial charge in [-0.3, -0.25) is 9.59 Å². The summed E-state index contributed by atoms with van der Waals surface area (Å²) >= 11 is 0. The number of amides is 1. The second kappa shape index (κ2) is 14.2. The fourth-order valence-corrected chi connectivity index (χ4v) is 4.59. The van der Waals surface area contributed by atoms with Crippen molar-refractivity contribution in [1.82, 2.24) is 4.90 Å². The number of nitrogens with zero attached hydrogens (tertiary/aromatic N) is 1. The van der Waals surface area contributed by atoms with Crippen LogP contribution in [0.3, 0.4) is 0 Å². The fraction of sp³-hybridized carbons (Fsp3) is 0.692. The van der Waals surface area contributed by atoms with Crippen molar-refractivity contribution < 1.29 is 19.8 Å². The molecule has 1 amide bonds. The van der Waals surface area contributed by atoms with E-state index in [1.54, 1.807) is 0 Å². The Morgan fingerprint density at radius 2 is 1.81 bits per heavy atom. The topological polar surface area (TPSA) is 77.8 Å². The van der Waals surface area contributed by atoms with E-state index in [2.05, 4.69) is 31.2 Å². The molecular weight excluding hydrogens is 390 g/mol. The highest BCUT2D eigenvalue weighted by atomic mass is 16.4. The molecule has 0 radical (unpaired) electrons. The summed E-state index contributed by atoms with van der Waals surface area (Å²) in [4.78, 5) is 24.8. The van der Waals surface area contributed by atoms with E-state index in [9.17, 15) is 14.7 Å². The predicted octanol–water partition coefficient (Wildman–Crippen LogP) is 5.20. The van der Waals surface area contributed by atoms with Crippen LogP contribution in [0, 0.1) is 5.92 Å². The number of aryl methyl sites for hydroxylation is 1. The maximum absolute atomic E-state index is 12.2. The number of carbonyl (C=O) groups is 2. The number of carboxylic acid groups (broad SMARTS) is 1. The summed E-state index contributed by atoms with van der Waals surface area (Å²) in [6.45, 7) is 2.91. The number of hydrogen-bond acceptors (Lipinski definition) is 3. The van der Waals surface area contributed by atoms with Crippen molar-refractivity contribution in [2.45, 2.75) is 103 Å². The van der Waals surface area contributed by atoms with E-state index in [4.69, 9.17) is 5.11 Å². The second-order valence-corrected chi connectivity index (χ2v) is 9.19. The Balaban J connectivity index is 1.60. The van der Waals surface area contributed by atoms with E-state index in [-0.39, 0.29) is 30.4 Å². The van der Waals surface area contributed by atoms with Crippen molar-refractivity contribution >= 4 is 11.9 Å². The number of aliphatic carboxylic acids is 1. The monoisotopic (exact) mass is 431 g/mol. The lowest BCUT2D eigenvalue weighted by atomic mass is 9.92. The Kier molecular flexibility index (Phi) is 11.7.